The topological polar surface area (TPSA) is 139 Å². The van der Waals surface area contributed by atoms with Crippen LogP contribution >= 0.6 is 0 Å². The van der Waals surface area contributed by atoms with E-state index in [1.165, 1.54) is 0 Å². The number of hydrogen-bond donors (Lipinski definition) is 2. The molecule has 12 nitrogen and oxygen atoms in total. The van der Waals surface area contributed by atoms with Gasteiger partial charge in [0, 0.05) is 48.5 Å². The monoisotopic (exact) mass is 683 g/mol. The van der Waals surface area contributed by atoms with Gasteiger partial charge in [-0.3, -0.25) is 19.2 Å². The zero-order valence-electron chi connectivity index (χ0n) is 28.1. The van der Waals surface area contributed by atoms with Crippen LogP contribution < -0.4 is 19.3 Å². The van der Waals surface area contributed by atoms with Crippen molar-refractivity contribution < 1.29 is 33.7 Å². The average molecular weight is 684 g/mol. The van der Waals surface area contributed by atoms with Gasteiger partial charge in [0.1, 0.15) is 11.5 Å². The van der Waals surface area contributed by atoms with Gasteiger partial charge in [-0.15, -0.1) is 5.10 Å². The van der Waals surface area contributed by atoms with Crippen LogP contribution in [0.25, 0.3) is 0 Å². The van der Waals surface area contributed by atoms with E-state index in [9.17, 15) is 19.5 Å². The molecule has 2 N–H and O–H groups in total. The Labute approximate surface area is 285 Å². The fraction of sp³-hybridized carbons (Fsp3) is 0.389. The molecule has 0 saturated carbocycles. The standard InChI is InChI=1S/C36H41N5O7Si/c1-23-34(49(3,4)45)32(15-17-39-21-25(16-18-42)37-38-39)48-36(23)28-19-27(46-2)13-14-29(28)40(35(36)44)20-24-9-11-26(12-10-24)41-30-7-5-6-8-31(30)47-22-33(41)43/h5-14,19,21,23,32,34,42,45H,15-18,20,22H2,1-4H3/t23-,32+,34-,36+/m1/s1. The molecule has 3 aliphatic heterocycles. The summed E-state index contributed by atoms with van der Waals surface area (Å²) in [5.41, 5.74) is 2.88. The van der Waals surface area contributed by atoms with Gasteiger partial charge in [0.15, 0.2) is 20.5 Å². The van der Waals surface area contributed by atoms with Crippen molar-refractivity contribution in [1.82, 2.24) is 15.0 Å². The maximum atomic E-state index is 14.8. The molecule has 13 heteroatoms. The number of ether oxygens (including phenoxy) is 3. The van der Waals surface area contributed by atoms with Crippen LogP contribution in [0.1, 0.15) is 30.2 Å². The Kier molecular flexibility index (Phi) is 8.55. The summed E-state index contributed by atoms with van der Waals surface area (Å²) in [4.78, 5) is 42.8. The molecule has 0 radical (unpaired) electrons. The maximum Gasteiger partial charge on any atom is 0.269 e. The van der Waals surface area contributed by atoms with Crippen LogP contribution in [-0.4, -0.2) is 71.5 Å². The van der Waals surface area contributed by atoms with Crippen molar-refractivity contribution in [1.29, 1.82) is 0 Å². The predicted octanol–water partition coefficient (Wildman–Crippen LogP) is 4.31. The minimum atomic E-state index is -2.86. The fourth-order valence-electron chi connectivity index (χ4n) is 7.87. The molecule has 1 fully saturated rings. The molecule has 4 atom stereocenters. The molecule has 1 spiro atoms. The molecule has 0 bridgehead atoms. The lowest BCUT2D eigenvalue weighted by molar-refractivity contribution is -0.146. The number of anilines is 3. The van der Waals surface area contributed by atoms with Crippen LogP contribution in [-0.2, 0) is 39.4 Å². The molecule has 0 unspecified atom stereocenters. The van der Waals surface area contributed by atoms with E-state index in [-0.39, 0.29) is 43.0 Å². The lowest BCUT2D eigenvalue weighted by Gasteiger charge is -2.32. The number of aliphatic hydroxyl groups excluding tert-OH is 1. The molecule has 2 amide bonds. The highest BCUT2D eigenvalue weighted by atomic mass is 28.4. The smallest absolute Gasteiger partial charge is 0.269 e. The molecular weight excluding hydrogens is 643 g/mol. The number of rotatable bonds is 10. The number of hydrogen-bond acceptors (Lipinski definition) is 9. The van der Waals surface area contributed by atoms with Crippen molar-refractivity contribution in [3.8, 4) is 11.5 Å². The molecule has 256 valence electrons. The normalized spacial score (nSPS) is 23.2. The number of nitrogens with zero attached hydrogens (tertiary/aromatic N) is 5. The van der Waals surface area contributed by atoms with Crippen molar-refractivity contribution >= 4 is 37.2 Å². The number of amides is 2. The lowest BCUT2D eigenvalue weighted by Crippen LogP contribution is -2.46. The zero-order chi connectivity index (χ0) is 34.5. The predicted molar refractivity (Wildman–Crippen MR) is 184 cm³/mol. The van der Waals surface area contributed by atoms with E-state index >= 15 is 0 Å². The Hall–Kier alpha value is -4.56. The summed E-state index contributed by atoms with van der Waals surface area (Å²) in [5, 5.41) is 17.6. The van der Waals surface area contributed by atoms with Gasteiger partial charge in [0.05, 0.1) is 36.8 Å². The molecule has 3 aromatic carbocycles. The van der Waals surface area contributed by atoms with Crippen molar-refractivity contribution in [3.05, 3.63) is 89.7 Å². The minimum absolute atomic E-state index is 0.00938. The molecule has 4 heterocycles. The molecular formula is C36H41N5O7Si. The Morgan fingerprint density at radius 3 is 2.57 bits per heavy atom. The van der Waals surface area contributed by atoms with Gasteiger partial charge in [-0.25, -0.2) is 0 Å². The molecule has 49 heavy (non-hydrogen) atoms. The van der Waals surface area contributed by atoms with Crippen LogP contribution in [0.4, 0.5) is 17.1 Å². The summed E-state index contributed by atoms with van der Waals surface area (Å²) in [6, 6.07) is 20.7. The van der Waals surface area contributed by atoms with Crippen LogP contribution in [0, 0.1) is 5.92 Å². The third kappa shape index (κ3) is 5.70. The first kappa shape index (κ1) is 33.0. The Morgan fingerprint density at radius 2 is 1.84 bits per heavy atom. The fourth-order valence-corrected chi connectivity index (χ4v) is 10.5. The zero-order valence-corrected chi connectivity index (χ0v) is 29.1. The van der Waals surface area contributed by atoms with Crippen molar-refractivity contribution in [3.63, 3.8) is 0 Å². The first-order valence-corrected chi connectivity index (χ1v) is 19.6. The van der Waals surface area contributed by atoms with E-state index in [0.29, 0.717) is 48.0 Å². The molecule has 7 rings (SSSR count). The van der Waals surface area contributed by atoms with Gasteiger partial charge in [0.2, 0.25) is 0 Å². The minimum Gasteiger partial charge on any atom is -0.497 e. The number of methoxy groups -OCH3 is 1. The summed E-state index contributed by atoms with van der Waals surface area (Å²) < 4.78 is 19.9. The first-order chi connectivity index (χ1) is 23.5. The van der Waals surface area contributed by atoms with Gasteiger partial charge in [-0.05, 0) is 67.5 Å². The van der Waals surface area contributed by atoms with E-state index in [1.54, 1.807) is 21.6 Å². The number of carbonyl (C=O) groups is 2. The van der Waals surface area contributed by atoms with E-state index in [1.807, 2.05) is 92.9 Å². The van der Waals surface area contributed by atoms with Crippen LogP contribution in [0.15, 0.2) is 72.9 Å². The number of benzene rings is 3. The molecule has 1 saturated heterocycles. The van der Waals surface area contributed by atoms with Crippen LogP contribution in [0.2, 0.25) is 18.6 Å². The van der Waals surface area contributed by atoms with Gasteiger partial charge in [-0.2, -0.15) is 0 Å². The highest BCUT2D eigenvalue weighted by molar-refractivity contribution is 6.71. The van der Waals surface area contributed by atoms with E-state index < -0.39 is 20.0 Å². The molecule has 4 aromatic rings. The number of aromatic nitrogens is 3. The summed E-state index contributed by atoms with van der Waals surface area (Å²) in [6.45, 7) is 6.54. The number of fused-ring (bicyclic) bond motifs is 3. The summed E-state index contributed by atoms with van der Waals surface area (Å²) in [5.74, 6) is 0.592. The number of aryl methyl sites for hydroxylation is 1. The summed E-state index contributed by atoms with van der Waals surface area (Å²) in [7, 11) is -1.26. The second-order valence-electron chi connectivity index (χ2n) is 13.5. The quantitative estimate of drug-likeness (QED) is 0.234. The van der Waals surface area contributed by atoms with Crippen LogP contribution in [0.3, 0.4) is 0 Å². The highest BCUT2D eigenvalue weighted by Crippen LogP contribution is 2.60. The second-order valence-corrected chi connectivity index (χ2v) is 17.5. The average Bonchev–Trinajstić information content (AvgIpc) is 3.73. The second kappa shape index (κ2) is 12.7. The van der Waals surface area contributed by atoms with Gasteiger partial charge in [-0.1, -0.05) is 36.4 Å². The van der Waals surface area contributed by atoms with E-state index in [2.05, 4.69) is 10.3 Å². The van der Waals surface area contributed by atoms with E-state index in [0.717, 1.165) is 16.8 Å². The summed E-state index contributed by atoms with van der Waals surface area (Å²) in [6.07, 6.45) is 2.34. The molecule has 0 aliphatic carbocycles. The van der Waals surface area contributed by atoms with Gasteiger partial charge < -0.3 is 29.0 Å². The number of para-hydroxylation sites is 2. The van der Waals surface area contributed by atoms with Gasteiger partial charge >= 0.3 is 0 Å². The number of carbonyl (C=O) groups excluding carboxylic acids is 2. The summed E-state index contributed by atoms with van der Waals surface area (Å²) >= 11 is 0. The van der Waals surface area contributed by atoms with Crippen molar-refractivity contribution in [2.24, 2.45) is 5.92 Å². The molecule has 3 aliphatic rings. The Balaban J connectivity index is 1.19. The first-order valence-electron chi connectivity index (χ1n) is 16.6. The molecule has 1 aromatic heterocycles. The Morgan fingerprint density at radius 1 is 1.06 bits per heavy atom. The van der Waals surface area contributed by atoms with Gasteiger partial charge in [0.25, 0.3) is 11.8 Å². The SMILES string of the molecule is COc1ccc2c(c1)[C@]1(O[C@@H](CCn3cc(CCO)nn3)[C@H]([Si](C)(C)O)[C@H]1C)C(=O)N2Cc1ccc(N2C(=O)COc3ccccc32)cc1. The van der Waals surface area contributed by atoms with Crippen LogP contribution in [0.5, 0.6) is 11.5 Å². The van der Waals surface area contributed by atoms with E-state index in [4.69, 9.17) is 14.2 Å². The third-order valence-corrected chi connectivity index (χ3v) is 12.5. The third-order valence-electron chi connectivity index (χ3n) is 10.0. The maximum absolute atomic E-state index is 14.8. The highest BCUT2D eigenvalue weighted by Gasteiger charge is 2.66. The van der Waals surface area contributed by atoms with Crippen molar-refractivity contribution in [2.75, 3.05) is 30.1 Å². The largest absolute Gasteiger partial charge is 0.497 e. The Bertz CT molecular complexity index is 1880. The lowest BCUT2D eigenvalue weighted by atomic mass is 9.82. The number of aliphatic hydroxyl groups is 1. The van der Waals surface area contributed by atoms with Crippen molar-refractivity contribution in [2.45, 2.75) is 63.2 Å².